The van der Waals surface area contributed by atoms with E-state index in [1.165, 1.54) is 12.1 Å². The zero-order valence-electron chi connectivity index (χ0n) is 16.9. The van der Waals surface area contributed by atoms with Gasteiger partial charge in [-0.15, -0.1) is 0 Å². The molecule has 5 nitrogen and oxygen atoms in total. The Bertz CT molecular complexity index is 1080. The Kier molecular flexibility index (Phi) is 5.57. The SMILES string of the molecule is COc1ccccc1-c1cc2c(c(OC)c1)OCCN(C(=O)c1ccccc1F)C2. The van der Waals surface area contributed by atoms with Gasteiger partial charge in [0.15, 0.2) is 11.5 Å². The van der Waals surface area contributed by atoms with Crippen LogP contribution in [-0.4, -0.2) is 38.2 Å². The normalized spacial score (nSPS) is 13.1. The van der Waals surface area contributed by atoms with Crippen LogP contribution in [0.4, 0.5) is 4.39 Å². The maximum atomic E-state index is 14.2. The molecule has 3 aromatic carbocycles. The molecule has 30 heavy (non-hydrogen) atoms. The summed E-state index contributed by atoms with van der Waals surface area (Å²) in [6.45, 7) is 0.911. The average molecular weight is 407 g/mol. The molecule has 0 atom stereocenters. The number of amides is 1. The number of rotatable bonds is 4. The number of ether oxygens (including phenoxy) is 3. The fourth-order valence-electron chi connectivity index (χ4n) is 3.65. The lowest BCUT2D eigenvalue weighted by molar-refractivity contribution is 0.0728. The van der Waals surface area contributed by atoms with E-state index in [-0.39, 0.29) is 24.6 Å². The summed E-state index contributed by atoms with van der Waals surface area (Å²) < 4.78 is 31.2. The third-order valence-corrected chi connectivity index (χ3v) is 5.13. The van der Waals surface area contributed by atoms with Crippen molar-refractivity contribution in [3.05, 3.63) is 77.6 Å². The van der Waals surface area contributed by atoms with Crippen LogP contribution in [0.15, 0.2) is 60.7 Å². The van der Waals surface area contributed by atoms with Gasteiger partial charge in [-0.05, 0) is 35.9 Å². The highest BCUT2D eigenvalue weighted by atomic mass is 19.1. The molecule has 0 saturated carbocycles. The maximum Gasteiger partial charge on any atom is 0.257 e. The van der Waals surface area contributed by atoms with Crippen molar-refractivity contribution in [2.24, 2.45) is 0 Å². The van der Waals surface area contributed by atoms with E-state index in [0.717, 1.165) is 22.4 Å². The molecular weight excluding hydrogens is 385 g/mol. The van der Waals surface area contributed by atoms with E-state index in [0.29, 0.717) is 18.0 Å². The number of hydrogen-bond acceptors (Lipinski definition) is 4. The number of halogens is 1. The highest BCUT2D eigenvalue weighted by Gasteiger charge is 2.26. The van der Waals surface area contributed by atoms with Gasteiger partial charge in [0.2, 0.25) is 0 Å². The molecule has 0 unspecified atom stereocenters. The first-order chi connectivity index (χ1) is 14.6. The minimum atomic E-state index is -0.534. The van der Waals surface area contributed by atoms with Crippen molar-refractivity contribution in [2.75, 3.05) is 27.4 Å². The summed E-state index contributed by atoms with van der Waals surface area (Å²) in [5.74, 6) is 1.00. The summed E-state index contributed by atoms with van der Waals surface area (Å²) in [7, 11) is 3.20. The van der Waals surface area contributed by atoms with E-state index in [9.17, 15) is 9.18 Å². The lowest BCUT2D eigenvalue weighted by Gasteiger charge is -2.21. The van der Waals surface area contributed by atoms with Crippen LogP contribution in [0.3, 0.4) is 0 Å². The smallest absolute Gasteiger partial charge is 0.257 e. The van der Waals surface area contributed by atoms with Gasteiger partial charge in [-0.25, -0.2) is 4.39 Å². The van der Waals surface area contributed by atoms with Crippen LogP contribution < -0.4 is 14.2 Å². The van der Waals surface area contributed by atoms with Crippen molar-refractivity contribution in [2.45, 2.75) is 6.54 Å². The number of nitrogens with zero attached hydrogens (tertiary/aromatic N) is 1. The second-order valence-corrected chi connectivity index (χ2v) is 6.92. The van der Waals surface area contributed by atoms with E-state index in [1.807, 2.05) is 36.4 Å². The Morgan fingerprint density at radius 3 is 2.50 bits per heavy atom. The van der Waals surface area contributed by atoms with E-state index in [4.69, 9.17) is 14.2 Å². The molecule has 3 aromatic rings. The standard InChI is InChI=1S/C24H22FNO4/c1-28-21-10-6-4-7-18(21)16-13-17-15-26(11-12-30-23(17)22(14-16)29-2)24(27)19-8-3-5-9-20(19)25/h3-10,13-14H,11-12,15H2,1-2H3. The van der Waals surface area contributed by atoms with Crippen molar-refractivity contribution < 1.29 is 23.4 Å². The van der Waals surface area contributed by atoms with Crippen LogP contribution in [0.2, 0.25) is 0 Å². The van der Waals surface area contributed by atoms with Crippen molar-refractivity contribution >= 4 is 5.91 Å². The van der Waals surface area contributed by atoms with Crippen molar-refractivity contribution in [3.63, 3.8) is 0 Å². The monoisotopic (exact) mass is 407 g/mol. The predicted octanol–water partition coefficient (Wildman–Crippen LogP) is 4.54. The second kappa shape index (κ2) is 8.45. The molecule has 0 bridgehead atoms. The number of para-hydroxylation sites is 1. The fraction of sp³-hybridized carbons (Fsp3) is 0.208. The fourth-order valence-corrected chi connectivity index (χ4v) is 3.65. The minimum Gasteiger partial charge on any atom is -0.496 e. The summed E-state index contributed by atoms with van der Waals surface area (Å²) in [4.78, 5) is 14.6. The van der Waals surface area contributed by atoms with Crippen LogP contribution in [-0.2, 0) is 6.54 Å². The first-order valence-electron chi connectivity index (χ1n) is 9.63. The van der Waals surface area contributed by atoms with Gasteiger partial charge in [0.05, 0.1) is 26.3 Å². The van der Waals surface area contributed by atoms with Gasteiger partial charge < -0.3 is 19.1 Å². The highest BCUT2D eigenvalue weighted by molar-refractivity contribution is 5.94. The Balaban J connectivity index is 1.75. The average Bonchev–Trinajstić information content (AvgIpc) is 3.00. The summed E-state index contributed by atoms with van der Waals surface area (Å²) in [6, 6.07) is 17.5. The lowest BCUT2D eigenvalue weighted by Crippen LogP contribution is -2.33. The topological polar surface area (TPSA) is 48.0 Å². The second-order valence-electron chi connectivity index (χ2n) is 6.92. The van der Waals surface area contributed by atoms with Gasteiger partial charge in [0.25, 0.3) is 5.91 Å². The van der Waals surface area contributed by atoms with Gasteiger partial charge in [0, 0.05) is 17.7 Å². The van der Waals surface area contributed by atoms with Crippen LogP contribution in [0, 0.1) is 5.82 Å². The third-order valence-electron chi connectivity index (χ3n) is 5.13. The molecule has 1 amide bonds. The van der Waals surface area contributed by atoms with Gasteiger partial charge >= 0.3 is 0 Å². The summed E-state index contributed by atoms with van der Waals surface area (Å²) in [6.07, 6.45) is 0. The number of benzene rings is 3. The molecule has 0 saturated heterocycles. The lowest BCUT2D eigenvalue weighted by atomic mass is 10.00. The molecule has 0 N–H and O–H groups in total. The number of carbonyl (C=O) groups is 1. The van der Waals surface area contributed by atoms with E-state index >= 15 is 0 Å². The quantitative estimate of drug-likeness (QED) is 0.637. The number of methoxy groups -OCH3 is 2. The molecule has 0 radical (unpaired) electrons. The molecule has 0 spiro atoms. The van der Waals surface area contributed by atoms with Crippen LogP contribution in [0.5, 0.6) is 17.2 Å². The number of carbonyl (C=O) groups excluding carboxylic acids is 1. The van der Waals surface area contributed by atoms with Gasteiger partial charge in [0.1, 0.15) is 18.2 Å². The van der Waals surface area contributed by atoms with Gasteiger partial charge in [-0.1, -0.05) is 30.3 Å². The van der Waals surface area contributed by atoms with E-state index in [1.54, 1.807) is 31.3 Å². The Morgan fingerprint density at radius 1 is 1.00 bits per heavy atom. The first-order valence-corrected chi connectivity index (χ1v) is 9.63. The van der Waals surface area contributed by atoms with Gasteiger partial charge in [-0.3, -0.25) is 4.79 Å². The molecule has 0 aliphatic carbocycles. The Morgan fingerprint density at radius 2 is 1.73 bits per heavy atom. The summed E-state index contributed by atoms with van der Waals surface area (Å²) >= 11 is 0. The molecule has 6 heteroatoms. The molecule has 0 aromatic heterocycles. The van der Waals surface area contributed by atoms with Crippen molar-refractivity contribution in [1.29, 1.82) is 0 Å². The van der Waals surface area contributed by atoms with Crippen LogP contribution >= 0.6 is 0 Å². The molecule has 0 fully saturated rings. The predicted molar refractivity (Wildman–Crippen MR) is 112 cm³/mol. The minimum absolute atomic E-state index is 0.0498. The first kappa shape index (κ1) is 19.8. The molecule has 4 rings (SSSR count). The Labute approximate surface area is 174 Å². The van der Waals surface area contributed by atoms with Gasteiger partial charge in [-0.2, -0.15) is 0 Å². The summed E-state index contributed by atoms with van der Waals surface area (Å²) in [5.41, 5.74) is 2.62. The van der Waals surface area contributed by atoms with Crippen molar-refractivity contribution in [3.8, 4) is 28.4 Å². The largest absolute Gasteiger partial charge is 0.496 e. The Hall–Kier alpha value is -3.54. The number of hydrogen-bond donors (Lipinski definition) is 0. The van der Waals surface area contributed by atoms with E-state index < -0.39 is 5.82 Å². The highest BCUT2D eigenvalue weighted by Crippen LogP contribution is 2.40. The zero-order valence-corrected chi connectivity index (χ0v) is 16.9. The van der Waals surface area contributed by atoms with E-state index in [2.05, 4.69) is 0 Å². The summed E-state index contributed by atoms with van der Waals surface area (Å²) in [5, 5.41) is 0. The molecule has 154 valence electrons. The maximum absolute atomic E-state index is 14.2. The zero-order chi connectivity index (χ0) is 21.1. The van der Waals surface area contributed by atoms with Crippen molar-refractivity contribution in [1.82, 2.24) is 4.90 Å². The third kappa shape index (κ3) is 3.68. The molecule has 1 heterocycles. The van der Waals surface area contributed by atoms with Crippen LogP contribution in [0.1, 0.15) is 15.9 Å². The molecule has 1 aliphatic rings. The molecular formula is C24H22FNO4. The number of fused-ring (bicyclic) bond motifs is 1. The molecule has 1 aliphatic heterocycles. The van der Waals surface area contributed by atoms with Crippen LogP contribution in [0.25, 0.3) is 11.1 Å².